The minimum atomic E-state index is -1.52. The van der Waals surface area contributed by atoms with E-state index in [0.717, 1.165) is 48.5 Å². The van der Waals surface area contributed by atoms with Crippen LogP contribution >= 0.6 is 0 Å². The molecular formula is C34H52Co3N16O26+6. The Morgan fingerprint density at radius 2 is 0.392 bits per heavy atom. The van der Waals surface area contributed by atoms with Gasteiger partial charge in [0.25, 0.3) is 0 Å². The molecule has 0 aliphatic rings. The molecule has 6 aromatic rings. The van der Waals surface area contributed by atoms with Crippen LogP contribution in [0.3, 0.4) is 0 Å². The third-order valence-electron chi connectivity index (χ3n) is 6.12. The van der Waals surface area contributed by atoms with E-state index < -0.39 is 93.3 Å². The van der Waals surface area contributed by atoms with Gasteiger partial charge in [0.05, 0.1) is 93.3 Å². The molecule has 6 rings (SSSR count). The number of H-pyrrole nitrogens is 2. The molecule has 6 heterocycles. The van der Waals surface area contributed by atoms with Gasteiger partial charge in [0.2, 0.25) is 0 Å². The molecule has 0 saturated heterocycles. The molecule has 0 amide bonds. The molecule has 0 aromatic carbocycles. The minimum Gasteiger partial charge on any atom is -0.543 e. The normalized spacial score (nSPS) is 7.80. The van der Waals surface area contributed by atoms with Crippen molar-refractivity contribution in [3.63, 3.8) is 0 Å². The molecule has 42 nitrogen and oxygen atoms in total. The molecule has 0 saturated carbocycles. The average molecular weight is 1280 g/mol. The predicted octanol–water partition coefficient (Wildman–Crippen LogP) is -21.5. The van der Waals surface area contributed by atoms with Crippen LogP contribution in [0, 0.1) is 0 Å². The molecule has 0 aliphatic heterocycles. The molecule has 0 unspecified atom stereocenters. The standard InChI is InChI=1S/4C7H5NO4.2C3H6N6.3Co.10H2O/c4*9-6(10)4-2-1-3-5(8-4)7(11)12;2*4-1-7-2(5)9-3(6)8-1;;;;;;;;;;;;;/h4*1-3H,(H,9,10)(H,11,12);2*(H6,4,5,6,7,8,9);;;;10*1H2/q;;;;;;3*+2;;;;;;;;;;. The second kappa shape index (κ2) is 50.5. The summed E-state index contributed by atoms with van der Waals surface area (Å²) in [5.74, 6) is -11.3. The number of hydrogen-bond acceptors (Lipinski definition) is 30. The Bertz CT molecular complexity index is 2240. The van der Waals surface area contributed by atoms with Gasteiger partial charge in [-0.1, -0.05) is 44.2 Å². The van der Waals surface area contributed by atoms with Gasteiger partial charge in [-0.2, -0.15) is 0 Å². The third-order valence-corrected chi connectivity index (χ3v) is 6.12. The van der Waals surface area contributed by atoms with Crippen LogP contribution in [0.4, 0.5) is 35.7 Å². The van der Waals surface area contributed by atoms with Gasteiger partial charge in [-0.25, -0.2) is 29.9 Å². The molecular weight excluding hydrogens is 1230 g/mol. The summed E-state index contributed by atoms with van der Waals surface area (Å²) in [6.07, 6.45) is 0. The summed E-state index contributed by atoms with van der Waals surface area (Å²) in [5.41, 5.74) is 27.7. The number of nitrogens with one attached hydrogen (secondary N) is 2. The second-order valence-electron chi connectivity index (χ2n) is 10.9. The van der Waals surface area contributed by atoms with E-state index in [9.17, 15) is 79.2 Å². The number of carboxylic acids is 8. The van der Waals surface area contributed by atoms with Crippen molar-refractivity contribution in [2.75, 3.05) is 34.4 Å². The SMILES string of the molecule is Nc1nc(N)[nH+]c(N)n1.Nc1nc(N)[nH+]c(N)n1.O.O.O.O.O=C([O-])c1cccc(C(=O)[O-])n1.O=C([O-])c1cccc(C(=O)[O-])n1.O=C([O-])c1cccc(C(=O)[O-])n1.O=C([O-])c1cccc(C(=O)[O-])n1.[Co+2].[Co+2].[Co+2].[OH3+].[OH3+].[OH3+].[OH3+].[OH3+].[OH3+]. The number of nitrogens with two attached hydrogens (primary N) is 6. The summed E-state index contributed by atoms with van der Waals surface area (Å²) in [5, 5.41) is 81.5. The zero-order valence-electron chi connectivity index (χ0n) is 39.0. The average Bonchev–Trinajstić information content (AvgIpc) is 3.24. The molecule has 6 aromatic heterocycles. The van der Waals surface area contributed by atoms with Gasteiger partial charge in [0.15, 0.2) is 0 Å². The van der Waals surface area contributed by atoms with Crippen molar-refractivity contribution in [1.29, 1.82) is 0 Å². The molecule has 45 heteroatoms. The number of aromatic nitrogens is 10. The summed E-state index contributed by atoms with van der Waals surface area (Å²) in [7, 11) is 0. The van der Waals surface area contributed by atoms with Gasteiger partial charge in [-0.3, -0.25) is 0 Å². The van der Waals surface area contributed by atoms with Crippen LogP contribution < -0.4 is 85.2 Å². The van der Waals surface area contributed by atoms with Crippen molar-refractivity contribution in [2.24, 2.45) is 0 Å². The largest absolute Gasteiger partial charge is 2.00 e. The monoisotopic (exact) mass is 1280 g/mol. The number of hydrogen-bond donors (Lipinski definition) is 6. The number of nitrogens with zero attached hydrogens (tertiary/aromatic N) is 8. The molecule has 0 bridgehead atoms. The van der Waals surface area contributed by atoms with Gasteiger partial charge in [-0.15, -0.1) is 0 Å². The van der Waals surface area contributed by atoms with Crippen LogP contribution in [0.5, 0.6) is 0 Å². The molecule has 0 atom stereocenters. The van der Waals surface area contributed by atoms with Crippen LogP contribution in [-0.4, -0.2) is 110 Å². The molecule has 445 valence electrons. The number of pyridine rings is 4. The summed E-state index contributed by atoms with van der Waals surface area (Å²) in [4.78, 5) is 114. The van der Waals surface area contributed by atoms with Gasteiger partial charge in [0, 0.05) is 0 Å². The first-order valence-electron chi connectivity index (χ1n) is 16.6. The molecule has 0 aliphatic carbocycles. The number of rotatable bonds is 8. The van der Waals surface area contributed by atoms with Gasteiger partial charge < -0.3 is 168 Å². The van der Waals surface area contributed by atoms with Gasteiger partial charge >= 0.3 is 86.0 Å². The van der Waals surface area contributed by atoms with E-state index >= 15 is 0 Å². The van der Waals surface area contributed by atoms with Crippen molar-refractivity contribution < 1.29 is 194 Å². The number of carbonyl (C=O) groups excluding carboxylic acids is 8. The van der Waals surface area contributed by atoms with E-state index in [-0.39, 0.29) is 141 Å². The Balaban J connectivity index is -0.0000000584. The summed E-state index contributed by atoms with van der Waals surface area (Å²) >= 11 is 0. The van der Waals surface area contributed by atoms with Crippen molar-refractivity contribution in [2.45, 2.75) is 0 Å². The zero-order valence-corrected chi connectivity index (χ0v) is 42.1. The Labute approximate surface area is 468 Å². The van der Waals surface area contributed by atoms with Gasteiger partial charge in [0.1, 0.15) is 0 Å². The predicted molar refractivity (Wildman–Crippen MR) is 239 cm³/mol. The number of anilines is 6. The van der Waals surface area contributed by atoms with E-state index in [2.05, 4.69) is 49.8 Å². The number of carboxylic acid groups (broad SMARTS) is 8. The molecule has 0 fully saturated rings. The first-order chi connectivity index (χ1) is 30.8. The van der Waals surface area contributed by atoms with E-state index in [0.29, 0.717) is 0 Å². The minimum absolute atomic E-state index is 0. The molecule has 79 heavy (non-hydrogen) atoms. The fraction of sp³-hybridized carbons (Fsp3) is 0. The van der Waals surface area contributed by atoms with Crippen LogP contribution in [0.1, 0.15) is 83.9 Å². The van der Waals surface area contributed by atoms with Crippen LogP contribution in [0.15, 0.2) is 72.8 Å². The van der Waals surface area contributed by atoms with Crippen molar-refractivity contribution in [3.8, 4) is 0 Å². The Hall–Kier alpha value is -9.70. The quantitative estimate of drug-likeness (QED) is 0.0771. The summed E-state index contributed by atoms with van der Waals surface area (Å²) in [6, 6.07) is 14.1. The first kappa shape index (κ1) is 102. The van der Waals surface area contributed by atoms with Crippen LogP contribution in [-0.2, 0) is 83.2 Å². The molecule has 40 N–H and O–H groups in total. The van der Waals surface area contributed by atoms with E-state index in [1.54, 1.807) is 0 Å². The maximum atomic E-state index is 10.2. The van der Waals surface area contributed by atoms with Crippen molar-refractivity contribution in [3.05, 3.63) is 118 Å². The number of aromatic carboxylic acids is 8. The zero-order chi connectivity index (χ0) is 50.3. The van der Waals surface area contributed by atoms with E-state index in [1.165, 1.54) is 24.3 Å². The fourth-order valence-corrected chi connectivity index (χ4v) is 3.57. The smallest absolute Gasteiger partial charge is 0.543 e. The first-order valence-corrected chi connectivity index (χ1v) is 16.6. The Morgan fingerprint density at radius 3 is 0.481 bits per heavy atom. The van der Waals surface area contributed by atoms with Crippen LogP contribution in [0.2, 0.25) is 0 Å². The van der Waals surface area contributed by atoms with E-state index in [4.69, 9.17) is 34.4 Å². The second-order valence-corrected chi connectivity index (χ2v) is 10.9. The molecule has 0 spiro atoms. The van der Waals surface area contributed by atoms with E-state index in [1.807, 2.05) is 0 Å². The Kier molecular flexibility index (Phi) is 65.1. The maximum Gasteiger partial charge on any atom is 2.00 e. The van der Waals surface area contributed by atoms with Crippen molar-refractivity contribution >= 4 is 83.4 Å². The summed E-state index contributed by atoms with van der Waals surface area (Å²) < 4.78 is 0. The Morgan fingerprint density at radius 1 is 0.278 bits per heavy atom. The van der Waals surface area contributed by atoms with Gasteiger partial charge in [-0.05, 0) is 48.5 Å². The van der Waals surface area contributed by atoms with Crippen molar-refractivity contribution in [1.82, 2.24) is 39.9 Å². The fourth-order valence-electron chi connectivity index (χ4n) is 3.57. The number of nitrogen functional groups attached to an aromatic ring is 6. The summed E-state index contributed by atoms with van der Waals surface area (Å²) in [6.45, 7) is 0. The molecule has 3 radical (unpaired) electrons. The topological polar surface area (TPSA) is 933 Å². The third kappa shape index (κ3) is 40.3. The maximum absolute atomic E-state index is 10.2. The van der Waals surface area contributed by atoms with Crippen LogP contribution in [0.25, 0.3) is 0 Å². The number of carbonyl (C=O) groups is 8. The number of aromatic amines is 2.